The van der Waals surface area contributed by atoms with Crippen molar-refractivity contribution in [1.29, 1.82) is 0 Å². The Hall–Kier alpha value is -2.37. The molecule has 1 aliphatic heterocycles. The highest BCUT2D eigenvalue weighted by Crippen LogP contribution is 2.41. The second-order valence-electron chi connectivity index (χ2n) is 11.0. The summed E-state index contributed by atoms with van der Waals surface area (Å²) in [6.45, 7) is 11.0. The maximum atomic E-state index is 13.7. The maximum absolute atomic E-state index is 13.7. The van der Waals surface area contributed by atoms with Gasteiger partial charge in [0.05, 0.1) is 0 Å². The topological polar surface area (TPSA) is 69.7 Å². The zero-order chi connectivity index (χ0) is 25.6. The van der Waals surface area contributed by atoms with Gasteiger partial charge < -0.3 is 10.2 Å². The van der Waals surface area contributed by atoms with Gasteiger partial charge in [0.25, 0.3) is 5.91 Å². The van der Waals surface area contributed by atoms with Crippen LogP contribution in [0.5, 0.6) is 0 Å². The third-order valence-electron chi connectivity index (χ3n) is 7.73. The van der Waals surface area contributed by atoms with Gasteiger partial charge in [-0.15, -0.1) is 0 Å². The number of carbonyl (C=O) groups is 3. The predicted molar refractivity (Wildman–Crippen MR) is 142 cm³/mol. The van der Waals surface area contributed by atoms with Crippen molar-refractivity contribution >= 4 is 23.5 Å². The summed E-state index contributed by atoms with van der Waals surface area (Å²) in [5, 5.41) is 3.08. The Bertz CT molecular complexity index is 876. The molecule has 4 amide bonds. The van der Waals surface area contributed by atoms with Gasteiger partial charge in [0.15, 0.2) is 0 Å². The zero-order valence-corrected chi connectivity index (χ0v) is 22.5. The number of anilines is 1. The van der Waals surface area contributed by atoms with E-state index in [0.29, 0.717) is 19.4 Å². The summed E-state index contributed by atoms with van der Waals surface area (Å²) < 4.78 is 0. The van der Waals surface area contributed by atoms with Crippen LogP contribution < -0.4 is 5.32 Å². The molecule has 1 aromatic carbocycles. The molecule has 1 N–H and O–H groups in total. The van der Waals surface area contributed by atoms with Crippen molar-refractivity contribution in [1.82, 2.24) is 9.80 Å². The van der Waals surface area contributed by atoms with Crippen LogP contribution in [0, 0.1) is 0 Å². The van der Waals surface area contributed by atoms with Crippen LogP contribution in [0.3, 0.4) is 0 Å². The minimum atomic E-state index is -0.751. The first-order valence-electron chi connectivity index (χ1n) is 13.8. The summed E-state index contributed by atoms with van der Waals surface area (Å²) in [5.41, 5.74) is 2.21. The van der Waals surface area contributed by atoms with Crippen LogP contribution in [-0.2, 0) is 9.59 Å². The Morgan fingerprint density at radius 1 is 0.943 bits per heavy atom. The summed E-state index contributed by atoms with van der Waals surface area (Å²) in [6, 6.07) is 5.81. The van der Waals surface area contributed by atoms with Gasteiger partial charge in [0, 0.05) is 12.2 Å². The number of para-hydroxylation sites is 1. The summed E-state index contributed by atoms with van der Waals surface area (Å²) in [5.74, 6) is 0.00473. The largest absolute Gasteiger partial charge is 0.328 e. The lowest BCUT2D eigenvalue weighted by atomic mass is 9.80. The highest BCUT2D eigenvalue weighted by Gasteiger charge is 2.57. The molecule has 2 fully saturated rings. The molecule has 0 bridgehead atoms. The molecule has 194 valence electrons. The molecule has 35 heavy (non-hydrogen) atoms. The Kier molecular flexibility index (Phi) is 9.37. The molecule has 1 aromatic rings. The van der Waals surface area contributed by atoms with E-state index < -0.39 is 5.54 Å². The molecule has 0 radical (unpaired) electrons. The van der Waals surface area contributed by atoms with Crippen LogP contribution in [-0.4, -0.2) is 46.3 Å². The Labute approximate surface area is 211 Å². The molecular formula is C29H45N3O3. The highest BCUT2D eigenvalue weighted by molar-refractivity contribution is 6.10. The first-order chi connectivity index (χ1) is 16.7. The minimum Gasteiger partial charge on any atom is -0.324 e. The molecule has 0 aromatic heterocycles. The van der Waals surface area contributed by atoms with Gasteiger partial charge in [-0.2, -0.15) is 0 Å². The second kappa shape index (κ2) is 12.0. The van der Waals surface area contributed by atoms with Crippen LogP contribution in [0.4, 0.5) is 10.5 Å². The van der Waals surface area contributed by atoms with Crippen molar-refractivity contribution < 1.29 is 14.4 Å². The third kappa shape index (κ3) is 5.90. The number of hydrogen-bond acceptors (Lipinski definition) is 3. The van der Waals surface area contributed by atoms with Crippen LogP contribution in [0.25, 0.3) is 0 Å². The van der Waals surface area contributed by atoms with Crippen LogP contribution in [0.2, 0.25) is 0 Å². The molecule has 1 heterocycles. The van der Waals surface area contributed by atoms with E-state index in [1.54, 1.807) is 0 Å². The summed E-state index contributed by atoms with van der Waals surface area (Å²) in [6.07, 6.45) is 9.89. The Morgan fingerprint density at radius 2 is 1.54 bits per heavy atom. The molecule has 3 rings (SSSR count). The number of amides is 4. The summed E-state index contributed by atoms with van der Waals surface area (Å²) in [7, 11) is 0. The van der Waals surface area contributed by atoms with Gasteiger partial charge in [-0.05, 0) is 42.2 Å². The van der Waals surface area contributed by atoms with E-state index >= 15 is 0 Å². The number of carbonyl (C=O) groups excluding carboxylic acids is 3. The lowest BCUT2D eigenvalue weighted by molar-refractivity contribution is -0.136. The SMILES string of the molecule is CCCCCCCN1C(=O)N(CC(=O)Nc2c(C(C)C)cccc2C(C)C)C(=O)C12CCCCC2. The minimum absolute atomic E-state index is 0.174. The molecule has 0 atom stereocenters. The standard InChI is InChI=1S/C29H45N3O3/c1-6-7-8-9-13-19-32-28(35)31(27(34)29(32)17-11-10-12-18-29)20-25(33)30-26-23(21(2)3)15-14-16-24(26)22(4)5/h14-16,21-22H,6-13,17-20H2,1-5H3,(H,30,33). The normalized spacial score (nSPS) is 17.8. The number of rotatable bonds is 11. The fraction of sp³-hybridized carbons (Fsp3) is 0.690. The van der Waals surface area contributed by atoms with Crippen molar-refractivity contribution in [3.05, 3.63) is 29.3 Å². The smallest absolute Gasteiger partial charge is 0.324 e. The lowest BCUT2D eigenvalue weighted by Gasteiger charge is -2.38. The molecule has 6 heteroatoms. The van der Waals surface area contributed by atoms with Crippen molar-refractivity contribution in [2.24, 2.45) is 0 Å². The fourth-order valence-electron chi connectivity index (χ4n) is 5.74. The van der Waals surface area contributed by atoms with Crippen LogP contribution in [0.1, 0.15) is 122 Å². The average molecular weight is 484 g/mol. The van der Waals surface area contributed by atoms with E-state index in [1.807, 2.05) is 23.1 Å². The van der Waals surface area contributed by atoms with Gasteiger partial charge in [-0.25, -0.2) is 4.79 Å². The van der Waals surface area contributed by atoms with Gasteiger partial charge in [0.1, 0.15) is 12.1 Å². The summed E-state index contributed by atoms with van der Waals surface area (Å²) in [4.78, 5) is 43.4. The van der Waals surface area contributed by atoms with Crippen LogP contribution >= 0.6 is 0 Å². The van der Waals surface area contributed by atoms with E-state index in [0.717, 1.165) is 55.3 Å². The molecule has 6 nitrogen and oxygen atoms in total. The number of urea groups is 1. The predicted octanol–water partition coefficient (Wildman–Crippen LogP) is 6.81. The average Bonchev–Trinajstić information content (AvgIpc) is 3.00. The maximum Gasteiger partial charge on any atom is 0.328 e. The Balaban J connectivity index is 1.78. The van der Waals surface area contributed by atoms with E-state index in [2.05, 4.69) is 39.9 Å². The van der Waals surface area contributed by atoms with E-state index in [-0.39, 0.29) is 36.2 Å². The number of unbranched alkanes of at least 4 members (excludes halogenated alkanes) is 4. The van der Waals surface area contributed by atoms with Crippen molar-refractivity contribution in [2.75, 3.05) is 18.4 Å². The second-order valence-corrected chi connectivity index (χ2v) is 11.0. The van der Waals surface area contributed by atoms with Gasteiger partial charge in [-0.3, -0.25) is 14.5 Å². The molecule has 0 unspecified atom stereocenters. The number of benzene rings is 1. The zero-order valence-electron chi connectivity index (χ0n) is 22.5. The molecule has 2 aliphatic rings. The van der Waals surface area contributed by atoms with Gasteiger partial charge >= 0.3 is 6.03 Å². The monoisotopic (exact) mass is 483 g/mol. The molecule has 1 aliphatic carbocycles. The highest BCUT2D eigenvalue weighted by atomic mass is 16.2. The first-order valence-corrected chi connectivity index (χ1v) is 13.8. The first kappa shape index (κ1) is 27.2. The number of imide groups is 1. The number of nitrogens with zero attached hydrogens (tertiary/aromatic N) is 2. The quantitative estimate of drug-likeness (QED) is 0.278. The summed E-state index contributed by atoms with van der Waals surface area (Å²) >= 11 is 0. The molecule has 1 spiro atoms. The fourth-order valence-corrected chi connectivity index (χ4v) is 5.74. The van der Waals surface area contributed by atoms with E-state index in [9.17, 15) is 14.4 Å². The molecule has 1 saturated heterocycles. The van der Waals surface area contributed by atoms with E-state index in [1.165, 1.54) is 17.7 Å². The third-order valence-corrected chi connectivity index (χ3v) is 7.73. The van der Waals surface area contributed by atoms with E-state index in [4.69, 9.17) is 0 Å². The lowest BCUT2D eigenvalue weighted by Crippen LogP contribution is -2.51. The van der Waals surface area contributed by atoms with Crippen molar-refractivity contribution in [3.8, 4) is 0 Å². The van der Waals surface area contributed by atoms with Crippen molar-refractivity contribution in [2.45, 2.75) is 116 Å². The molecular weight excluding hydrogens is 438 g/mol. The van der Waals surface area contributed by atoms with Gasteiger partial charge in [-0.1, -0.05) is 97.8 Å². The Morgan fingerprint density at radius 3 is 2.11 bits per heavy atom. The molecule has 1 saturated carbocycles. The van der Waals surface area contributed by atoms with Gasteiger partial charge in [0.2, 0.25) is 5.91 Å². The van der Waals surface area contributed by atoms with Crippen LogP contribution in [0.15, 0.2) is 18.2 Å². The number of nitrogens with one attached hydrogen (secondary N) is 1. The number of hydrogen-bond donors (Lipinski definition) is 1. The van der Waals surface area contributed by atoms with Crippen molar-refractivity contribution in [3.63, 3.8) is 0 Å².